The van der Waals surface area contributed by atoms with Crippen LogP contribution >= 0.6 is 0 Å². The van der Waals surface area contributed by atoms with Gasteiger partial charge in [0.05, 0.1) is 6.10 Å². The quantitative estimate of drug-likeness (QED) is 0.855. The number of methoxy groups -OCH3 is 1. The lowest BCUT2D eigenvalue weighted by atomic mass is 9.76. The first-order valence-corrected chi connectivity index (χ1v) is 8.04. The van der Waals surface area contributed by atoms with E-state index in [0.717, 1.165) is 25.2 Å². The summed E-state index contributed by atoms with van der Waals surface area (Å²) in [6.45, 7) is 2.94. The molecule has 1 aliphatic heterocycles. The molecule has 1 aromatic rings. The molecule has 2 aliphatic rings. The number of pyridine rings is 1. The minimum absolute atomic E-state index is 0.131. The second-order valence-corrected chi connectivity index (χ2v) is 6.74. The fourth-order valence-electron chi connectivity index (χ4n) is 4.35. The smallest absolute Gasteiger partial charge is 0.254 e. The summed E-state index contributed by atoms with van der Waals surface area (Å²) in [4.78, 5) is 14.6. The van der Waals surface area contributed by atoms with Gasteiger partial charge in [0.25, 0.3) is 5.56 Å². The van der Waals surface area contributed by atoms with Crippen molar-refractivity contribution in [3.63, 3.8) is 0 Å². The molecule has 0 N–H and O–H groups in total. The minimum Gasteiger partial charge on any atom is -0.381 e. The van der Waals surface area contributed by atoms with Crippen molar-refractivity contribution in [2.24, 2.45) is 12.5 Å². The Balaban J connectivity index is 1.75. The SMILES string of the molecule is CO[C@@H]1CCC[C@@]12CCCN(Cc1cccn(C)c1=O)C2. The Morgan fingerprint density at radius 3 is 3.00 bits per heavy atom. The number of nitrogens with zero attached hydrogens (tertiary/aromatic N) is 2. The number of likely N-dealkylation sites (tertiary alicyclic amines) is 1. The van der Waals surface area contributed by atoms with E-state index in [1.807, 2.05) is 32.5 Å². The number of aromatic nitrogens is 1. The van der Waals surface area contributed by atoms with Gasteiger partial charge >= 0.3 is 0 Å². The Hall–Kier alpha value is -1.13. The van der Waals surface area contributed by atoms with Crippen LogP contribution in [0.1, 0.15) is 37.7 Å². The number of aryl methyl sites for hydroxylation is 1. The van der Waals surface area contributed by atoms with Gasteiger partial charge in [-0.3, -0.25) is 9.69 Å². The lowest BCUT2D eigenvalue weighted by Gasteiger charge is -2.43. The van der Waals surface area contributed by atoms with Gasteiger partial charge in [-0.05, 0) is 38.3 Å². The Morgan fingerprint density at radius 2 is 2.19 bits per heavy atom. The number of ether oxygens (including phenoxy) is 1. The van der Waals surface area contributed by atoms with Gasteiger partial charge in [-0.1, -0.05) is 12.5 Å². The summed E-state index contributed by atoms with van der Waals surface area (Å²) in [6.07, 6.45) is 8.45. The highest BCUT2D eigenvalue weighted by Crippen LogP contribution is 2.46. The van der Waals surface area contributed by atoms with Crippen molar-refractivity contribution in [1.29, 1.82) is 0 Å². The fraction of sp³-hybridized carbons (Fsp3) is 0.706. The molecule has 0 unspecified atom stereocenters. The van der Waals surface area contributed by atoms with Crippen molar-refractivity contribution in [3.05, 3.63) is 34.2 Å². The van der Waals surface area contributed by atoms with Crippen LogP contribution in [0.4, 0.5) is 0 Å². The number of hydrogen-bond acceptors (Lipinski definition) is 3. The van der Waals surface area contributed by atoms with Crippen LogP contribution in [0.15, 0.2) is 23.1 Å². The van der Waals surface area contributed by atoms with Gasteiger partial charge in [-0.25, -0.2) is 0 Å². The molecule has 116 valence electrons. The average molecular weight is 290 g/mol. The van der Waals surface area contributed by atoms with Gasteiger partial charge in [0.2, 0.25) is 0 Å². The number of hydrogen-bond donors (Lipinski definition) is 0. The van der Waals surface area contributed by atoms with Crippen molar-refractivity contribution in [2.45, 2.75) is 44.8 Å². The standard InChI is InChI=1S/C17H26N2O2/c1-18-10-4-6-14(16(18)20)12-19-11-5-9-17(13-19)8-3-7-15(17)21-2/h4,6,10,15H,3,5,7-9,11-13H2,1-2H3/t15-,17+/m1/s1. The van der Waals surface area contributed by atoms with E-state index in [1.165, 1.54) is 32.1 Å². The third kappa shape index (κ3) is 2.79. The summed E-state index contributed by atoms with van der Waals surface area (Å²) >= 11 is 0. The summed E-state index contributed by atoms with van der Waals surface area (Å²) in [5, 5.41) is 0. The van der Waals surface area contributed by atoms with Crippen LogP contribution in [0.2, 0.25) is 0 Å². The molecule has 1 saturated carbocycles. The molecular formula is C17H26N2O2. The molecule has 1 aromatic heterocycles. The molecule has 21 heavy (non-hydrogen) atoms. The van der Waals surface area contributed by atoms with Crippen molar-refractivity contribution in [2.75, 3.05) is 20.2 Å². The molecule has 2 atom stereocenters. The monoisotopic (exact) mass is 290 g/mol. The van der Waals surface area contributed by atoms with Crippen LogP contribution < -0.4 is 5.56 Å². The van der Waals surface area contributed by atoms with Gasteiger partial charge in [-0.15, -0.1) is 0 Å². The Morgan fingerprint density at radius 1 is 1.38 bits per heavy atom. The zero-order valence-corrected chi connectivity index (χ0v) is 13.2. The molecule has 4 nitrogen and oxygen atoms in total. The summed E-state index contributed by atoms with van der Waals surface area (Å²) in [7, 11) is 3.67. The fourth-order valence-corrected chi connectivity index (χ4v) is 4.35. The molecule has 0 amide bonds. The van der Waals surface area contributed by atoms with Gasteiger partial charge in [-0.2, -0.15) is 0 Å². The summed E-state index contributed by atoms with van der Waals surface area (Å²) < 4.78 is 7.42. The summed E-state index contributed by atoms with van der Waals surface area (Å²) in [5.41, 5.74) is 1.36. The predicted octanol–water partition coefficient (Wildman–Crippen LogP) is 2.17. The lowest BCUT2D eigenvalue weighted by molar-refractivity contribution is -0.0367. The van der Waals surface area contributed by atoms with Gasteiger partial charge in [0.1, 0.15) is 0 Å². The molecule has 0 aromatic carbocycles. The zero-order chi connectivity index (χ0) is 14.9. The maximum Gasteiger partial charge on any atom is 0.254 e. The Labute approximate surface area is 126 Å². The van der Waals surface area contributed by atoms with Crippen molar-refractivity contribution in [3.8, 4) is 0 Å². The summed E-state index contributed by atoms with van der Waals surface area (Å²) in [6, 6.07) is 3.93. The van der Waals surface area contributed by atoms with E-state index in [2.05, 4.69) is 4.90 Å². The Bertz CT molecular complexity index is 554. The normalized spacial score (nSPS) is 30.1. The third-order valence-electron chi connectivity index (χ3n) is 5.39. The second kappa shape index (κ2) is 5.93. The van der Waals surface area contributed by atoms with E-state index in [9.17, 15) is 4.79 Å². The van der Waals surface area contributed by atoms with Crippen LogP contribution in [-0.2, 0) is 18.3 Å². The maximum atomic E-state index is 12.2. The molecule has 3 rings (SSSR count). The molecule has 1 aliphatic carbocycles. The predicted molar refractivity (Wildman–Crippen MR) is 83.3 cm³/mol. The minimum atomic E-state index is 0.131. The highest BCUT2D eigenvalue weighted by Gasteiger charge is 2.45. The van der Waals surface area contributed by atoms with Crippen LogP contribution in [0.5, 0.6) is 0 Å². The molecule has 1 saturated heterocycles. The molecular weight excluding hydrogens is 264 g/mol. The second-order valence-electron chi connectivity index (χ2n) is 6.74. The highest BCUT2D eigenvalue weighted by atomic mass is 16.5. The molecule has 0 radical (unpaired) electrons. The van der Waals surface area contributed by atoms with E-state index >= 15 is 0 Å². The zero-order valence-electron chi connectivity index (χ0n) is 13.2. The van der Waals surface area contributed by atoms with E-state index < -0.39 is 0 Å². The third-order valence-corrected chi connectivity index (χ3v) is 5.39. The highest BCUT2D eigenvalue weighted by molar-refractivity contribution is 5.11. The first-order chi connectivity index (χ1) is 10.1. The van der Waals surface area contributed by atoms with Gasteiger partial charge in [0, 0.05) is 44.4 Å². The van der Waals surface area contributed by atoms with Crippen molar-refractivity contribution < 1.29 is 4.74 Å². The molecule has 0 bridgehead atoms. The molecule has 2 fully saturated rings. The molecule has 1 spiro atoms. The number of piperidine rings is 1. The van der Waals surface area contributed by atoms with Crippen molar-refractivity contribution >= 4 is 0 Å². The van der Waals surface area contributed by atoms with Gasteiger partial charge in [0.15, 0.2) is 0 Å². The number of rotatable bonds is 3. The molecule has 2 heterocycles. The van der Waals surface area contributed by atoms with E-state index in [-0.39, 0.29) is 5.56 Å². The lowest BCUT2D eigenvalue weighted by Crippen LogP contribution is -2.47. The maximum absolute atomic E-state index is 12.2. The van der Waals surface area contributed by atoms with E-state index in [1.54, 1.807) is 4.57 Å². The first kappa shape index (κ1) is 14.8. The van der Waals surface area contributed by atoms with E-state index in [4.69, 9.17) is 4.74 Å². The summed E-state index contributed by atoms with van der Waals surface area (Å²) in [5.74, 6) is 0. The van der Waals surface area contributed by atoms with Gasteiger partial charge < -0.3 is 9.30 Å². The average Bonchev–Trinajstić information content (AvgIpc) is 2.86. The molecule has 4 heteroatoms. The van der Waals surface area contributed by atoms with Crippen LogP contribution in [0, 0.1) is 5.41 Å². The first-order valence-electron chi connectivity index (χ1n) is 8.04. The van der Waals surface area contributed by atoms with E-state index in [0.29, 0.717) is 11.5 Å². The van der Waals surface area contributed by atoms with Crippen molar-refractivity contribution in [1.82, 2.24) is 9.47 Å². The van der Waals surface area contributed by atoms with Crippen LogP contribution in [-0.4, -0.2) is 35.8 Å². The Kier molecular flexibility index (Phi) is 4.18. The topological polar surface area (TPSA) is 34.5 Å². The van der Waals surface area contributed by atoms with Crippen LogP contribution in [0.25, 0.3) is 0 Å². The largest absolute Gasteiger partial charge is 0.381 e. The van der Waals surface area contributed by atoms with Crippen LogP contribution in [0.3, 0.4) is 0 Å².